The van der Waals surface area contributed by atoms with Crippen LogP contribution in [0.25, 0.3) is 0 Å². The van der Waals surface area contributed by atoms with E-state index in [1.165, 1.54) is 199 Å². The number of aliphatic hydroxyl groups excluding tert-OH is 1. The average Bonchev–Trinajstić information content (AvgIpc) is 2.32. The van der Waals surface area contributed by atoms with Gasteiger partial charge in [0.05, 0.1) is 26.4 Å². The van der Waals surface area contributed by atoms with Crippen LogP contribution >= 0.6 is 15.6 Å². The number of ether oxygens (including phenoxy) is 4. The molecule has 0 aliphatic rings. The van der Waals surface area contributed by atoms with Crippen LogP contribution in [0.15, 0.2) is 0 Å². The summed E-state index contributed by atoms with van der Waals surface area (Å²) >= 11 is 0. The third-order valence-corrected chi connectivity index (χ3v) is 19.5. The predicted octanol–water partition coefficient (Wildman–Crippen LogP) is 22.2. The van der Waals surface area contributed by atoms with Gasteiger partial charge in [0.15, 0.2) is 12.2 Å². The molecule has 0 spiro atoms. The Balaban J connectivity index is 5.25. The lowest BCUT2D eigenvalue weighted by Crippen LogP contribution is -2.30. The van der Waals surface area contributed by atoms with Crippen LogP contribution in [0.4, 0.5) is 0 Å². The molecule has 0 aromatic carbocycles. The van der Waals surface area contributed by atoms with Crippen molar-refractivity contribution < 1.29 is 80.2 Å². The topological polar surface area (TPSA) is 237 Å². The van der Waals surface area contributed by atoms with Gasteiger partial charge in [0.2, 0.25) is 0 Å². The minimum absolute atomic E-state index is 0.105. The van der Waals surface area contributed by atoms with E-state index in [0.29, 0.717) is 25.7 Å². The molecule has 17 nitrogen and oxygen atoms in total. The van der Waals surface area contributed by atoms with Crippen molar-refractivity contribution in [2.24, 2.45) is 17.8 Å². The van der Waals surface area contributed by atoms with Crippen LogP contribution in [0.3, 0.4) is 0 Å². The summed E-state index contributed by atoms with van der Waals surface area (Å²) in [5, 5.41) is 10.6. The van der Waals surface area contributed by atoms with Gasteiger partial charge in [-0.2, -0.15) is 0 Å². The molecule has 0 aliphatic carbocycles. The van der Waals surface area contributed by atoms with Crippen molar-refractivity contribution in [2.45, 2.75) is 407 Å². The Morgan fingerprint density at radius 2 is 0.484 bits per heavy atom. The zero-order chi connectivity index (χ0) is 70.1. The summed E-state index contributed by atoms with van der Waals surface area (Å²) in [6.07, 6.45) is 52.8. The number of phosphoric acid groups is 2. The highest BCUT2D eigenvalue weighted by atomic mass is 31.2. The Kier molecular flexibility index (Phi) is 65.2. The van der Waals surface area contributed by atoms with Crippen LogP contribution in [0.1, 0.15) is 389 Å². The lowest BCUT2D eigenvalue weighted by molar-refractivity contribution is -0.161. The van der Waals surface area contributed by atoms with E-state index >= 15 is 0 Å². The average molecular weight is 1400 g/mol. The van der Waals surface area contributed by atoms with Crippen LogP contribution in [0, 0.1) is 17.8 Å². The standard InChI is InChI=1S/C76H148O17P2/c1-8-9-10-11-12-13-14-15-16-17-18-19-20-21-29-38-45-52-59-75(80)92-71(63-86-73(78)57-50-43-36-28-24-22-26-33-40-47-54-67(2)3)65-90-94(82,83)88-61-70(77)62-89-95(84,85)91-66-72(64-87-74(79)58-51-44-37-32-31-35-42-49-56-69(6)7)93-76(81)60-53-46-39-30-25-23-27-34-41-48-55-68(4)5/h67-72,77H,8-66H2,1-7H3,(H,82,83)(H,84,85)/t70-,71-,72-/m1/s1. The molecule has 0 aliphatic heterocycles. The molecule has 2 unspecified atom stereocenters. The second kappa shape index (κ2) is 66.6. The first-order chi connectivity index (χ1) is 45.7. The van der Waals surface area contributed by atoms with E-state index in [1.807, 2.05) is 0 Å². The summed E-state index contributed by atoms with van der Waals surface area (Å²) in [6, 6.07) is 0. The van der Waals surface area contributed by atoms with E-state index in [-0.39, 0.29) is 25.7 Å². The molecule has 0 amide bonds. The molecule has 0 aromatic heterocycles. The van der Waals surface area contributed by atoms with Gasteiger partial charge in [-0.15, -0.1) is 0 Å². The molecular formula is C76H148O17P2. The van der Waals surface area contributed by atoms with Gasteiger partial charge in [-0.1, -0.05) is 337 Å². The van der Waals surface area contributed by atoms with E-state index < -0.39 is 97.5 Å². The summed E-state index contributed by atoms with van der Waals surface area (Å²) in [5.41, 5.74) is 0. The molecule has 0 radical (unpaired) electrons. The van der Waals surface area contributed by atoms with E-state index in [4.69, 9.17) is 37.0 Å². The fraction of sp³-hybridized carbons (Fsp3) is 0.947. The molecule has 0 bridgehead atoms. The van der Waals surface area contributed by atoms with Crippen LogP contribution in [-0.2, 0) is 65.4 Å². The van der Waals surface area contributed by atoms with Crippen LogP contribution in [-0.4, -0.2) is 96.7 Å². The van der Waals surface area contributed by atoms with Gasteiger partial charge in [0.25, 0.3) is 0 Å². The van der Waals surface area contributed by atoms with Gasteiger partial charge < -0.3 is 33.8 Å². The first-order valence-corrected chi connectivity index (χ1v) is 42.3. The molecular weight excluding hydrogens is 1250 g/mol. The molecule has 95 heavy (non-hydrogen) atoms. The van der Waals surface area contributed by atoms with E-state index in [0.717, 1.165) is 108 Å². The summed E-state index contributed by atoms with van der Waals surface area (Å²) in [5.74, 6) is 0.119. The Hall–Kier alpha value is -1.94. The third kappa shape index (κ3) is 70.3. The van der Waals surface area contributed by atoms with Crippen molar-refractivity contribution >= 4 is 39.5 Å². The molecule has 0 heterocycles. The predicted molar refractivity (Wildman–Crippen MR) is 386 cm³/mol. The monoisotopic (exact) mass is 1400 g/mol. The molecule has 0 saturated heterocycles. The first kappa shape index (κ1) is 93.1. The SMILES string of the molecule is CCCCCCCCCCCCCCCCCCCCC(=O)O[C@H](COC(=O)CCCCCCCCCCCCC(C)C)COP(=O)(O)OC[C@@H](O)COP(=O)(O)OC[C@@H](COC(=O)CCCCCCCCCCC(C)C)OC(=O)CCCCCCCCCCCCC(C)C. The molecule has 564 valence electrons. The number of esters is 4. The molecule has 0 saturated carbocycles. The van der Waals surface area contributed by atoms with Gasteiger partial charge >= 0.3 is 39.5 Å². The molecule has 3 N–H and O–H groups in total. The van der Waals surface area contributed by atoms with Crippen molar-refractivity contribution in [1.29, 1.82) is 0 Å². The Bertz CT molecular complexity index is 1850. The number of carbonyl (C=O) groups excluding carboxylic acids is 4. The lowest BCUT2D eigenvalue weighted by Gasteiger charge is -2.21. The minimum Gasteiger partial charge on any atom is -0.462 e. The second-order valence-electron chi connectivity index (χ2n) is 28.8. The maximum Gasteiger partial charge on any atom is 0.472 e. The maximum absolute atomic E-state index is 13.1. The number of carbonyl (C=O) groups is 4. The summed E-state index contributed by atoms with van der Waals surface area (Å²) < 4.78 is 68.5. The van der Waals surface area contributed by atoms with Gasteiger partial charge in [0.1, 0.15) is 19.3 Å². The minimum atomic E-state index is -4.96. The molecule has 0 aromatic rings. The number of rotatable bonds is 74. The highest BCUT2D eigenvalue weighted by Crippen LogP contribution is 2.45. The van der Waals surface area contributed by atoms with Gasteiger partial charge in [-0.25, -0.2) is 9.13 Å². The van der Waals surface area contributed by atoms with Crippen molar-refractivity contribution in [3.63, 3.8) is 0 Å². The fourth-order valence-electron chi connectivity index (χ4n) is 11.6. The number of aliphatic hydroxyl groups is 1. The van der Waals surface area contributed by atoms with Crippen molar-refractivity contribution in [2.75, 3.05) is 39.6 Å². The van der Waals surface area contributed by atoms with E-state index in [2.05, 4.69) is 48.5 Å². The van der Waals surface area contributed by atoms with Crippen LogP contribution in [0.2, 0.25) is 0 Å². The quantitative estimate of drug-likeness (QED) is 0.0222. The Morgan fingerprint density at radius 3 is 0.716 bits per heavy atom. The van der Waals surface area contributed by atoms with Crippen molar-refractivity contribution in [1.82, 2.24) is 0 Å². The third-order valence-electron chi connectivity index (χ3n) is 17.6. The molecule has 0 rings (SSSR count). The number of hydrogen-bond acceptors (Lipinski definition) is 15. The molecule has 0 fully saturated rings. The number of phosphoric ester groups is 2. The van der Waals surface area contributed by atoms with Gasteiger partial charge in [-0.3, -0.25) is 37.3 Å². The molecule has 19 heteroatoms. The zero-order valence-electron chi connectivity index (χ0n) is 62.1. The summed E-state index contributed by atoms with van der Waals surface area (Å²) in [6.45, 7) is 11.9. The highest BCUT2D eigenvalue weighted by Gasteiger charge is 2.30. The number of unbranched alkanes of at least 4 members (excludes halogenated alkanes) is 42. The summed E-state index contributed by atoms with van der Waals surface area (Å²) in [4.78, 5) is 72.8. The van der Waals surface area contributed by atoms with E-state index in [9.17, 15) is 43.2 Å². The smallest absolute Gasteiger partial charge is 0.462 e. The number of hydrogen-bond donors (Lipinski definition) is 3. The van der Waals surface area contributed by atoms with Crippen LogP contribution in [0.5, 0.6) is 0 Å². The van der Waals surface area contributed by atoms with Gasteiger partial charge in [0, 0.05) is 25.7 Å². The largest absolute Gasteiger partial charge is 0.472 e. The lowest BCUT2D eigenvalue weighted by atomic mass is 10.0. The molecule has 5 atom stereocenters. The summed E-state index contributed by atoms with van der Waals surface area (Å²) in [7, 11) is -9.91. The van der Waals surface area contributed by atoms with Crippen LogP contribution < -0.4 is 0 Å². The van der Waals surface area contributed by atoms with E-state index in [1.54, 1.807) is 0 Å². The highest BCUT2D eigenvalue weighted by molar-refractivity contribution is 7.47. The second-order valence-corrected chi connectivity index (χ2v) is 31.7. The Labute approximate surface area is 581 Å². The maximum atomic E-state index is 13.1. The fourth-order valence-corrected chi connectivity index (χ4v) is 13.2. The first-order valence-electron chi connectivity index (χ1n) is 39.3. The van der Waals surface area contributed by atoms with Gasteiger partial charge in [-0.05, 0) is 43.4 Å². The Morgan fingerprint density at radius 1 is 0.284 bits per heavy atom. The zero-order valence-corrected chi connectivity index (χ0v) is 63.9. The normalized spacial score (nSPS) is 14.1. The van der Waals surface area contributed by atoms with Crippen molar-refractivity contribution in [3.8, 4) is 0 Å². The van der Waals surface area contributed by atoms with Crippen molar-refractivity contribution in [3.05, 3.63) is 0 Å².